The highest BCUT2D eigenvalue weighted by atomic mass is 16.5. The summed E-state index contributed by atoms with van der Waals surface area (Å²) >= 11 is 0. The Balaban J connectivity index is 1.69. The summed E-state index contributed by atoms with van der Waals surface area (Å²) in [7, 11) is 1.31. The standard InChI is InChI=1S/C17H18N4O3/c1-24-17(23)12-5-4-6-13(9-12)20-16(22)14-10-19-15(11-18-14)21-7-2-3-8-21/h4-6,9-11H,2-3,7-8H2,1H3,(H,20,22). The van der Waals surface area contributed by atoms with Crippen molar-refractivity contribution in [2.24, 2.45) is 0 Å². The fraction of sp³-hybridized carbons (Fsp3) is 0.294. The largest absolute Gasteiger partial charge is 0.465 e. The summed E-state index contributed by atoms with van der Waals surface area (Å²) in [5.74, 6) is -0.0462. The van der Waals surface area contributed by atoms with Crippen molar-refractivity contribution in [3.63, 3.8) is 0 Å². The van der Waals surface area contributed by atoms with E-state index in [0.29, 0.717) is 11.3 Å². The number of nitrogens with one attached hydrogen (secondary N) is 1. The van der Waals surface area contributed by atoms with Gasteiger partial charge < -0.3 is 15.0 Å². The fourth-order valence-corrected chi connectivity index (χ4v) is 2.58. The number of anilines is 2. The third-order valence-electron chi connectivity index (χ3n) is 3.84. The predicted octanol–water partition coefficient (Wildman–Crippen LogP) is 2.12. The molecule has 1 fully saturated rings. The minimum atomic E-state index is -0.458. The molecule has 0 radical (unpaired) electrons. The molecular formula is C17H18N4O3. The van der Waals surface area contributed by atoms with Crippen LogP contribution in [0.5, 0.6) is 0 Å². The monoisotopic (exact) mass is 326 g/mol. The smallest absolute Gasteiger partial charge is 0.337 e. The number of nitrogens with zero attached hydrogens (tertiary/aromatic N) is 3. The Morgan fingerprint density at radius 2 is 1.96 bits per heavy atom. The van der Waals surface area contributed by atoms with Crippen molar-refractivity contribution in [1.29, 1.82) is 0 Å². The number of rotatable bonds is 4. The van der Waals surface area contributed by atoms with Crippen molar-refractivity contribution < 1.29 is 14.3 Å². The molecule has 1 aromatic carbocycles. The zero-order chi connectivity index (χ0) is 16.9. The summed E-state index contributed by atoms with van der Waals surface area (Å²) in [5.41, 5.74) is 1.08. The van der Waals surface area contributed by atoms with Gasteiger partial charge in [0.25, 0.3) is 5.91 Å². The first kappa shape index (κ1) is 15.9. The van der Waals surface area contributed by atoms with Crippen LogP contribution in [0.4, 0.5) is 11.5 Å². The van der Waals surface area contributed by atoms with Crippen LogP contribution in [0.3, 0.4) is 0 Å². The third-order valence-corrected chi connectivity index (χ3v) is 3.84. The highest BCUT2D eigenvalue weighted by Crippen LogP contribution is 2.17. The minimum absolute atomic E-state index is 0.224. The lowest BCUT2D eigenvalue weighted by Gasteiger charge is -2.15. The molecule has 7 nitrogen and oxygen atoms in total. The summed E-state index contributed by atoms with van der Waals surface area (Å²) < 4.78 is 4.66. The van der Waals surface area contributed by atoms with Crippen LogP contribution in [0.25, 0.3) is 0 Å². The molecule has 2 aromatic rings. The molecule has 1 aromatic heterocycles. The second-order valence-electron chi connectivity index (χ2n) is 5.48. The van der Waals surface area contributed by atoms with E-state index in [9.17, 15) is 9.59 Å². The van der Waals surface area contributed by atoms with Gasteiger partial charge in [-0.1, -0.05) is 6.07 Å². The quantitative estimate of drug-likeness (QED) is 0.866. The number of methoxy groups -OCH3 is 1. The maximum Gasteiger partial charge on any atom is 0.337 e. The van der Waals surface area contributed by atoms with Crippen molar-refractivity contribution >= 4 is 23.4 Å². The number of ether oxygens (including phenoxy) is 1. The minimum Gasteiger partial charge on any atom is -0.465 e. The van der Waals surface area contributed by atoms with Crippen molar-refractivity contribution in [2.75, 3.05) is 30.4 Å². The van der Waals surface area contributed by atoms with Gasteiger partial charge in [0, 0.05) is 18.8 Å². The van der Waals surface area contributed by atoms with Crippen LogP contribution in [-0.2, 0) is 4.74 Å². The van der Waals surface area contributed by atoms with Crippen LogP contribution in [0.2, 0.25) is 0 Å². The molecule has 1 saturated heterocycles. The van der Waals surface area contributed by atoms with Crippen LogP contribution in [0, 0.1) is 0 Å². The summed E-state index contributed by atoms with van der Waals surface area (Å²) in [4.78, 5) is 34.4. The maximum absolute atomic E-state index is 12.3. The lowest BCUT2D eigenvalue weighted by molar-refractivity contribution is 0.0600. The first-order valence-corrected chi connectivity index (χ1v) is 7.74. The summed E-state index contributed by atoms with van der Waals surface area (Å²) in [6.07, 6.45) is 5.39. The molecule has 0 saturated carbocycles. The molecular weight excluding hydrogens is 308 g/mol. The van der Waals surface area contributed by atoms with Crippen LogP contribution in [0.15, 0.2) is 36.7 Å². The zero-order valence-electron chi connectivity index (χ0n) is 13.4. The van der Waals surface area contributed by atoms with E-state index in [1.807, 2.05) is 0 Å². The van der Waals surface area contributed by atoms with Crippen LogP contribution >= 0.6 is 0 Å². The van der Waals surface area contributed by atoms with Crippen molar-refractivity contribution in [3.8, 4) is 0 Å². The van der Waals surface area contributed by atoms with Gasteiger partial charge in [-0.05, 0) is 31.0 Å². The zero-order valence-corrected chi connectivity index (χ0v) is 13.4. The molecule has 2 heterocycles. The van der Waals surface area contributed by atoms with E-state index >= 15 is 0 Å². The van der Waals surface area contributed by atoms with E-state index in [0.717, 1.165) is 31.7 Å². The predicted molar refractivity (Wildman–Crippen MR) is 89.2 cm³/mol. The number of hydrogen-bond acceptors (Lipinski definition) is 6. The highest BCUT2D eigenvalue weighted by Gasteiger charge is 2.15. The van der Waals surface area contributed by atoms with Gasteiger partial charge in [-0.2, -0.15) is 0 Å². The van der Waals surface area contributed by atoms with Crippen molar-refractivity contribution in [3.05, 3.63) is 47.9 Å². The van der Waals surface area contributed by atoms with Crippen LogP contribution in [-0.4, -0.2) is 42.0 Å². The van der Waals surface area contributed by atoms with Crippen LogP contribution in [0.1, 0.15) is 33.7 Å². The molecule has 0 unspecified atom stereocenters. The lowest BCUT2D eigenvalue weighted by atomic mass is 10.2. The first-order valence-electron chi connectivity index (χ1n) is 7.74. The van der Waals surface area contributed by atoms with E-state index in [1.165, 1.54) is 13.3 Å². The number of amides is 1. The highest BCUT2D eigenvalue weighted by molar-refractivity contribution is 6.03. The van der Waals surface area contributed by atoms with E-state index < -0.39 is 5.97 Å². The Morgan fingerprint density at radius 1 is 1.17 bits per heavy atom. The fourth-order valence-electron chi connectivity index (χ4n) is 2.58. The lowest BCUT2D eigenvalue weighted by Crippen LogP contribution is -2.20. The molecule has 124 valence electrons. The average Bonchev–Trinajstić information content (AvgIpc) is 3.16. The Hall–Kier alpha value is -2.96. The molecule has 1 aliphatic rings. The molecule has 0 spiro atoms. The van der Waals surface area contributed by atoms with Crippen molar-refractivity contribution in [1.82, 2.24) is 9.97 Å². The molecule has 1 aliphatic heterocycles. The molecule has 7 heteroatoms. The SMILES string of the molecule is COC(=O)c1cccc(NC(=O)c2cnc(N3CCCC3)cn2)c1. The topological polar surface area (TPSA) is 84.4 Å². The Labute approximate surface area is 139 Å². The van der Waals surface area contributed by atoms with Gasteiger partial charge in [0.05, 0.1) is 25.1 Å². The van der Waals surface area contributed by atoms with Gasteiger partial charge in [0.1, 0.15) is 11.5 Å². The molecule has 0 atom stereocenters. The molecule has 1 amide bonds. The van der Waals surface area contributed by atoms with Crippen molar-refractivity contribution in [2.45, 2.75) is 12.8 Å². The van der Waals surface area contributed by atoms with Gasteiger partial charge in [-0.3, -0.25) is 4.79 Å². The number of benzene rings is 1. The molecule has 0 bridgehead atoms. The molecule has 3 rings (SSSR count). The summed E-state index contributed by atoms with van der Waals surface area (Å²) in [6, 6.07) is 6.53. The number of carbonyl (C=O) groups excluding carboxylic acids is 2. The second-order valence-corrected chi connectivity index (χ2v) is 5.48. The van der Waals surface area contributed by atoms with E-state index in [2.05, 4.69) is 24.9 Å². The normalized spacial score (nSPS) is 13.6. The molecule has 1 N–H and O–H groups in total. The summed E-state index contributed by atoms with van der Waals surface area (Å²) in [6.45, 7) is 1.95. The van der Waals surface area contributed by atoms with Gasteiger partial charge in [0.15, 0.2) is 0 Å². The number of carbonyl (C=O) groups is 2. The van der Waals surface area contributed by atoms with E-state index in [-0.39, 0.29) is 11.6 Å². The third kappa shape index (κ3) is 3.51. The Kier molecular flexibility index (Phi) is 4.69. The Bertz CT molecular complexity index is 740. The van der Waals surface area contributed by atoms with Gasteiger partial charge >= 0.3 is 5.97 Å². The number of esters is 1. The van der Waals surface area contributed by atoms with Gasteiger partial charge in [0.2, 0.25) is 0 Å². The second kappa shape index (κ2) is 7.08. The number of aromatic nitrogens is 2. The summed E-state index contributed by atoms with van der Waals surface area (Å²) in [5, 5.41) is 2.70. The van der Waals surface area contributed by atoms with Crippen LogP contribution < -0.4 is 10.2 Å². The molecule has 24 heavy (non-hydrogen) atoms. The maximum atomic E-state index is 12.3. The van der Waals surface area contributed by atoms with Gasteiger partial charge in [-0.15, -0.1) is 0 Å². The first-order chi connectivity index (χ1) is 11.7. The molecule has 0 aliphatic carbocycles. The van der Waals surface area contributed by atoms with E-state index in [1.54, 1.807) is 30.5 Å². The Morgan fingerprint density at radius 3 is 2.62 bits per heavy atom. The average molecular weight is 326 g/mol. The number of hydrogen-bond donors (Lipinski definition) is 1. The van der Waals surface area contributed by atoms with Gasteiger partial charge in [-0.25, -0.2) is 14.8 Å². The van der Waals surface area contributed by atoms with E-state index in [4.69, 9.17) is 0 Å².